The minimum absolute atomic E-state index is 0.0504. The van der Waals surface area contributed by atoms with E-state index in [1.807, 2.05) is 31.2 Å². The van der Waals surface area contributed by atoms with E-state index in [9.17, 15) is 4.79 Å². The quantitative estimate of drug-likeness (QED) is 0.850. The van der Waals surface area contributed by atoms with Crippen LogP contribution in [-0.4, -0.2) is 37.9 Å². The van der Waals surface area contributed by atoms with Crippen LogP contribution in [0.1, 0.15) is 29.4 Å². The van der Waals surface area contributed by atoms with E-state index in [2.05, 4.69) is 10.5 Å². The standard InChI is InChI=1S/C17H22N2O4/c1-5-13(10-21-3)18-17(20)15-11(2)19-23-16(15)12-6-8-14(22-4)9-7-12/h6-9,13H,5,10H2,1-4H3,(H,18,20). The molecule has 0 fully saturated rings. The van der Waals surface area contributed by atoms with Crippen molar-refractivity contribution in [2.75, 3.05) is 20.8 Å². The number of nitrogens with zero attached hydrogens (tertiary/aromatic N) is 1. The summed E-state index contributed by atoms with van der Waals surface area (Å²) in [6.07, 6.45) is 0.780. The number of aryl methyl sites for hydroxylation is 1. The summed E-state index contributed by atoms with van der Waals surface area (Å²) < 4.78 is 15.6. The maximum Gasteiger partial charge on any atom is 0.257 e. The van der Waals surface area contributed by atoms with E-state index in [1.54, 1.807) is 21.1 Å². The van der Waals surface area contributed by atoms with Gasteiger partial charge in [-0.15, -0.1) is 0 Å². The van der Waals surface area contributed by atoms with Crippen LogP contribution in [-0.2, 0) is 4.74 Å². The Bertz CT molecular complexity index is 649. The number of amides is 1. The molecule has 1 atom stereocenters. The summed E-state index contributed by atoms with van der Waals surface area (Å²) in [5.41, 5.74) is 1.78. The lowest BCUT2D eigenvalue weighted by molar-refractivity contribution is 0.0894. The number of carbonyl (C=O) groups is 1. The van der Waals surface area contributed by atoms with Gasteiger partial charge in [0.1, 0.15) is 11.3 Å². The summed E-state index contributed by atoms with van der Waals surface area (Å²) in [7, 11) is 3.22. The zero-order chi connectivity index (χ0) is 16.8. The van der Waals surface area contributed by atoms with Gasteiger partial charge in [-0.05, 0) is 37.6 Å². The minimum Gasteiger partial charge on any atom is -0.497 e. The van der Waals surface area contributed by atoms with E-state index in [0.29, 0.717) is 23.6 Å². The Labute approximate surface area is 135 Å². The highest BCUT2D eigenvalue weighted by atomic mass is 16.5. The van der Waals surface area contributed by atoms with Crippen LogP contribution < -0.4 is 10.1 Å². The molecule has 0 aliphatic rings. The van der Waals surface area contributed by atoms with Crippen LogP contribution in [0.5, 0.6) is 5.75 Å². The molecule has 6 nitrogen and oxygen atoms in total. The van der Waals surface area contributed by atoms with Gasteiger partial charge >= 0.3 is 0 Å². The third kappa shape index (κ3) is 3.90. The molecule has 0 bridgehead atoms. The Morgan fingerprint density at radius 3 is 2.57 bits per heavy atom. The smallest absolute Gasteiger partial charge is 0.257 e. The van der Waals surface area contributed by atoms with Gasteiger partial charge in [0.15, 0.2) is 5.76 Å². The summed E-state index contributed by atoms with van der Waals surface area (Å²) in [6, 6.07) is 7.25. The van der Waals surface area contributed by atoms with Gasteiger partial charge in [0, 0.05) is 12.7 Å². The van der Waals surface area contributed by atoms with Gasteiger partial charge in [0.05, 0.1) is 25.5 Å². The molecule has 1 N–H and O–H groups in total. The fourth-order valence-electron chi connectivity index (χ4n) is 2.30. The van der Waals surface area contributed by atoms with E-state index < -0.39 is 0 Å². The average molecular weight is 318 g/mol. The Morgan fingerprint density at radius 2 is 2.00 bits per heavy atom. The molecule has 1 unspecified atom stereocenters. The number of carbonyl (C=O) groups excluding carboxylic acids is 1. The Hall–Kier alpha value is -2.34. The molecule has 1 heterocycles. The fraction of sp³-hybridized carbons (Fsp3) is 0.412. The normalized spacial score (nSPS) is 12.0. The number of hydrogen-bond donors (Lipinski definition) is 1. The minimum atomic E-state index is -0.210. The number of rotatable bonds is 7. The van der Waals surface area contributed by atoms with Gasteiger partial charge in [0.2, 0.25) is 0 Å². The lowest BCUT2D eigenvalue weighted by Gasteiger charge is -2.15. The van der Waals surface area contributed by atoms with Crippen molar-refractivity contribution in [1.29, 1.82) is 0 Å². The second-order valence-corrected chi connectivity index (χ2v) is 5.23. The molecule has 1 amide bonds. The molecule has 0 saturated heterocycles. The molecule has 2 aromatic rings. The second-order valence-electron chi connectivity index (χ2n) is 5.23. The molecular weight excluding hydrogens is 296 g/mol. The van der Waals surface area contributed by atoms with Gasteiger partial charge in [0.25, 0.3) is 5.91 Å². The van der Waals surface area contributed by atoms with Gasteiger partial charge in [-0.3, -0.25) is 4.79 Å². The number of nitrogens with one attached hydrogen (secondary N) is 1. The van der Waals surface area contributed by atoms with E-state index in [0.717, 1.165) is 17.7 Å². The van der Waals surface area contributed by atoms with Gasteiger partial charge < -0.3 is 19.3 Å². The SMILES string of the molecule is CCC(COC)NC(=O)c1c(C)noc1-c1ccc(OC)cc1. The molecule has 2 rings (SSSR count). The molecule has 23 heavy (non-hydrogen) atoms. The van der Waals surface area contributed by atoms with Gasteiger partial charge in [-0.25, -0.2) is 0 Å². The highest BCUT2D eigenvalue weighted by molar-refractivity contribution is 6.00. The largest absolute Gasteiger partial charge is 0.497 e. The van der Waals surface area contributed by atoms with E-state index >= 15 is 0 Å². The summed E-state index contributed by atoms with van der Waals surface area (Å²) in [4.78, 5) is 12.6. The first kappa shape index (κ1) is 17.0. The highest BCUT2D eigenvalue weighted by Crippen LogP contribution is 2.27. The zero-order valence-electron chi connectivity index (χ0n) is 13.9. The molecule has 0 saturated carbocycles. The van der Waals surface area contributed by atoms with Gasteiger partial charge in [-0.1, -0.05) is 12.1 Å². The van der Waals surface area contributed by atoms with Crippen LogP contribution in [0.2, 0.25) is 0 Å². The van der Waals surface area contributed by atoms with Crippen LogP contribution >= 0.6 is 0 Å². The monoisotopic (exact) mass is 318 g/mol. The molecule has 1 aromatic heterocycles. The van der Waals surface area contributed by atoms with E-state index in [4.69, 9.17) is 14.0 Å². The summed E-state index contributed by atoms with van der Waals surface area (Å²) in [5.74, 6) is 0.982. The lowest BCUT2D eigenvalue weighted by atomic mass is 10.1. The molecule has 1 aromatic carbocycles. The fourth-order valence-corrected chi connectivity index (χ4v) is 2.30. The third-order valence-corrected chi connectivity index (χ3v) is 3.64. The zero-order valence-corrected chi connectivity index (χ0v) is 13.9. The topological polar surface area (TPSA) is 73.6 Å². The first-order chi connectivity index (χ1) is 11.1. The van der Waals surface area contributed by atoms with Crippen molar-refractivity contribution in [3.63, 3.8) is 0 Å². The van der Waals surface area contributed by atoms with Crippen LogP contribution in [0.25, 0.3) is 11.3 Å². The van der Waals surface area contributed by atoms with Crippen molar-refractivity contribution in [3.05, 3.63) is 35.5 Å². The molecule has 0 radical (unpaired) electrons. The Balaban J connectivity index is 2.28. The van der Waals surface area contributed by atoms with Crippen LogP contribution in [0.3, 0.4) is 0 Å². The molecular formula is C17H22N2O4. The second kappa shape index (κ2) is 7.78. The lowest BCUT2D eigenvalue weighted by Crippen LogP contribution is -2.37. The Morgan fingerprint density at radius 1 is 1.30 bits per heavy atom. The van der Waals surface area contributed by atoms with Gasteiger partial charge in [-0.2, -0.15) is 0 Å². The highest BCUT2D eigenvalue weighted by Gasteiger charge is 2.23. The number of methoxy groups -OCH3 is 2. The number of ether oxygens (including phenoxy) is 2. The molecule has 0 spiro atoms. The maximum atomic E-state index is 12.6. The summed E-state index contributed by atoms with van der Waals surface area (Å²) in [6.45, 7) is 4.21. The number of hydrogen-bond acceptors (Lipinski definition) is 5. The Kier molecular flexibility index (Phi) is 5.76. The predicted molar refractivity (Wildman–Crippen MR) is 86.6 cm³/mol. The molecule has 6 heteroatoms. The van der Waals surface area contributed by atoms with Crippen molar-refractivity contribution in [1.82, 2.24) is 10.5 Å². The van der Waals surface area contributed by atoms with Crippen molar-refractivity contribution in [2.24, 2.45) is 0 Å². The summed E-state index contributed by atoms with van der Waals surface area (Å²) >= 11 is 0. The van der Waals surface area contributed by atoms with Crippen molar-refractivity contribution < 1.29 is 18.8 Å². The van der Waals surface area contributed by atoms with Crippen molar-refractivity contribution >= 4 is 5.91 Å². The molecule has 0 aliphatic carbocycles. The first-order valence-electron chi connectivity index (χ1n) is 7.51. The van der Waals surface area contributed by atoms with Crippen LogP contribution in [0.15, 0.2) is 28.8 Å². The van der Waals surface area contributed by atoms with E-state index in [-0.39, 0.29) is 11.9 Å². The average Bonchev–Trinajstić information content (AvgIpc) is 2.96. The molecule has 0 aliphatic heterocycles. The third-order valence-electron chi connectivity index (χ3n) is 3.64. The number of aromatic nitrogens is 1. The summed E-state index contributed by atoms with van der Waals surface area (Å²) in [5, 5.41) is 6.89. The molecule has 124 valence electrons. The van der Waals surface area contributed by atoms with Crippen LogP contribution in [0.4, 0.5) is 0 Å². The van der Waals surface area contributed by atoms with Crippen molar-refractivity contribution in [3.8, 4) is 17.1 Å². The van der Waals surface area contributed by atoms with Crippen LogP contribution in [0, 0.1) is 6.92 Å². The van der Waals surface area contributed by atoms with Crippen molar-refractivity contribution in [2.45, 2.75) is 26.3 Å². The number of benzene rings is 1. The van der Waals surface area contributed by atoms with E-state index in [1.165, 1.54) is 0 Å². The predicted octanol–water partition coefficient (Wildman–Crippen LogP) is 2.81. The maximum absolute atomic E-state index is 12.6. The first-order valence-corrected chi connectivity index (χ1v) is 7.51.